The zero-order chi connectivity index (χ0) is 20.9. The Morgan fingerprint density at radius 1 is 1.17 bits per heavy atom. The number of aromatic nitrogens is 2. The lowest BCUT2D eigenvalue weighted by Gasteiger charge is -2.27. The van der Waals surface area contributed by atoms with Gasteiger partial charge in [0.1, 0.15) is 5.69 Å². The monoisotopic (exact) mass is 431 g/mol. The van der Waals surface area contributed by atoms with E-state index in [-0.39, 0.29) is 17.5 Å². The molecule has 30 heavy (non-hydrogen) atoms. The molecule has 4 rings (SSSR count). The Bertz CT molecular complexity index is 910. The maximum Gasteiger partial charge on any atom is 0.272 e. The zero-order valence-corrected chi connectivity index (χ0v) is 17.6. The van der Waals surface area contributed by atoms with Gasteiger partial charge in [0, 0.05) is 43.8 Å². The number of ether oxygens (including phenoxy) is 1. The van der Waals surface area contributed by atoms with E-state index in [1.54, 1.807) is 15.6 Å². The third-order valence-corrected chi connectivity index (χ3v) is 5.83. The number of nitrogens with one attached hydrogen (secondary N) is 1. The van der Waals surface area contributed by atoms with Crippen molar-refractivity contribution >= 4 is 23.4 Å². The Kier molecular flexibility index (Phi) is 6.66. The predicted octanol–water partition coefficient (Wildman–Crippen LogP) is 1.64. The number of morpholine rings is 1. The fraction of sp³-hybridized carbons (Fsp3) is 0.476. The fourth-order valence-corrected chi connectivity index (χ4v) is 3.95. The van der Waals surface area contributed by atoms with Gasteiger partial charge in [0.05, 0.1) is 19.8 Å². The highest BCUT2D eigenvalue weighted by molar-refractivity contribution is 6.31. The highest BCUT2D eigenvalue weighted by atomic mass is 35.5. The minimum absolute atomic E-state index is 0.139. The van der Waals surface area contributed by atoms with Crippen LogP contribution in [0.1, 0.15) is 33.0 Å². The summed E-state index contributed by atoms with van der Waals surface area (Å²) in [7, 11) is 0. The number of nitrogens with zero attached hydrogens (tertiary/aromatic N) is 4. The van der Waals surface area contributed by atoms with Crippen molar-refractivity contribution in [3.05, 3.63) is 52.3 Å². The molecule has 9 heteroatoms. The van der Waals surface area contributed by atoms with Crippen LogP contribution in [-0.2, 0) is 17.8 Å². The fourth-order valence-electron chi connectivity index (χ4n) is 3.75. The van der Waals surface area contributed by atoms with E-state index in [4.69, 9.17) is 16.3 Å². The molecule has 1 N–H and O–H groups in total. The van der Waals surface area contributed by atoms with Crippen LogP contribution in [0.2, 0.25) is 5.02 Å². The van der Waals surface area contributed by atoms with Crippen molar-refractivity contribution in [2.75, 3.05) is 45.9 Å². The smallest absolute Gasteiger partial charge is 0.272 e. The molecule has 8 nitrogen and oxygen atoms in total. The number of amides is 2. The van der Waals surface area contributed by atoms with Crippen LogP contribution in [0, 0.1) is 0 Å². The van der Waals surface area contributed by atoms with E-state index >= 15 is 0 Å². The number of hydrogen-bond acceptors (Lipinski definition) is 5. The summed E-state index contributed by atoms with van der Waals surface area (Å²) in [6, 6.07) is 9.08. The van der Waals surface area contributed by atoms with Crippen molar-refractivity contribution in [1.82, 2.24) is 24.9 Å². The first kappa shape index (κ1) is 20.8. The Balaban J connectivity index is 1.31. The highest BCUT2D eigenvalue weighted by Gasteiger charge is 2.28. The number of hydrogen-bond donors (Lipinski definition) is 1. The molecule has 0 radical (unpaired) electrons. The van der Waals surface area contributed by atoms with Crippen LogP contribution in [-0.4, -0.2) is 77.3 Å². The van der Waals surface area contributed by atoms with Crippen molar-refractivity contribution in [3.8, 4) is 0 Å². The van der Waals surface area contributed by atoms with Gasteiger partial charge in [0.25, 0.3) is 11.8 Å². The molecule has 0 aliphatic carbocycles. The average molecular weight is 432 g/mol. The van der Waals surface area contributed by atoms with Gasteiger partial charge in [-0.2, -0.15) is 5.10 Å². The molecule has 0 saturated carbocycles. The summed E-state index contributed by atoms with van der Waals surface area (Å²) in [5.41, 5.74) is 1.62. The average Bonchev–Trinajstić information content (AvgIpc) is 3.21. The van der Waals surface area contributed by atoms with Crippen LogP contribution in [0.15, 0.2) is 30.3 Å². The maximum absolute atomic E-state index is 12.9. The topological polar surface area (TPSA) is 79.7 Å². The molecule has 0 unspecified atom stereocenters. The normalized spacial score (nSPS) is 17.1. The Morgan fingerprint density at radius 2 is 1.97 bits per heavy atom. The van der Waals surface area contributed by atoms with Crippen LogP contribution < -0.4 is 5.32 Å². The molecule has 2 aliphatic rings. The van der Waals surface area contributed by atoms with E-state index < -0.39 is 0 Å². The molecule has 3 heterocycles. The summed E-state index contributed by atoms with van der Waals surface area (Å²) in [4.78, 5) is 29.4. The highest BCUT2D eigenvalue weighted by Crippen LogP contribution is 2.21. The molecule has 0 spiro atoms. The summed E-state index contributed by atoms with van der Waals surface area (Å²) in [6.45, 7) is 6.44. The quantitative estimate of drug-likeness (QED) is 0.674. The third kappa shape index (κ3) is 4.83. The van der Waals surface area contributed by atoms with Gasteiger partial charge in [-0.3, -0.25) is 19.2 Å². The first-order valence-electron chi connectivity index (χ1n) is 10.3. The molecular weight excluding hydrogens is 406 g/mol. The van der Waals surface area contributed by atoms with Gasteiger partial charge in [-0.05, 0) is 24.6 Å². The van der Waals surface area contributed by atoms with Crippen LogP contribution in [0.5, 0.6) is 0 Å². The van der Waals surface area contributed by atoms with Crippen LogP contribution in [0.4, 0.5) is 0 Å². The van der Waals surface area contributed by atoms with E-state index in [1.807, 2.05) is 24.3 Å². The second kappa shape index (κ2) is 9.59. The summed E-state index contributed by atoms with van der Waals surface area (Å²) in [5.74, 6) is -0.385. The van der Waals surface area contributed by atoms with Gasteiger partial charge in [0.2, 0.25) is 0 Å². The summed E-state index contributed by atoms with van der Waals surface area (Å²) >= 11 is 6.23. The number of benzene rings is 1. The Morgan fingerprint density at radius 3 is 2.77 bits per heavy atom. The standard InChI is InChI=1S/C21H26ClN5O3/c22-17-5-2-1-4-16(17)15-26-8-9-27-19(21(26)29)14-18(24-27)20(28)23-6-3-7-25-10-12-30-13-11-25/h1-2,4-5,14H,3,6-13,15H2,(H,23,28). The number of halogens is 1. The predicted molar refractivity (Wildman–Crippen MR) is 113 cm³/mol. The molecule has 2 aromatic rings. The third-order valence-electron chi connectivity index (χ3n) is 5.46. The number of rotatable bonds is 7. The van der Waals surface area contributed by atoms with Crippen molar-refractivity contribution in [3.63, 3.8) is 0 Å². The van der Waals surface area contributed by atoms with Gasteiger partial charge in [-0.25, -0.2) is 0 Å². The zero-order valence-electron chi connectivity index (χ0n) is 16.8. The maximum atomic E-state index is 12.9. The van der Waals surface area contributed by atoms with E-state index in [9.17, 15) is 9.59 Å². The lowest BCUT2D eigenvalue weighted by atomic mass is 10.2. The molecule has 2 aliphatic heterocycles. The van der Waals surface area contributed by atoms with E-state index in [2.05, 4.69) is 15.3 Å². The van der Waals surface area contributed by atoms with Gasteiger partial charge in [-0.1, -0.05) is 29.8 Å². The first-order chi connectivity index (χ1) is 14.6. The van der Waals surface area contributed by atoms with E-state index in [0.29, 0.717) is 36.9 Å². The lowest BCUT2D eigenvalue weighted by molar-refractivity contribution is 0.0374. The van der Waals surface area contributed by atoms with E-state index in [0.717, 1.165) is 44.8 Å². The minimum atomic E-state index is -0.246. The number of carbonyl (C=O) groups is 2. The van der Waals surface area contributed by atoms with Crippen molar-refractivity contribution in [2.24, 2.45) is 0 Å². The second-order valence-electron chi connectivity index (χ2n) is 7.52. The van der Waals surface area contributed by atoms with Gasteiger partial charge in [-0.15, -0.1) is 0 Å². The molecule has 0 atom stereocenters. The molecule has 1 saturated heterocycles. The minimum Gasteiger partial charge on any atom is -0.379 e. The molecular formula is C21H26ClN5O3. The first-order valence-corrected chi connectivity index (χ1v) is 10.7. The van der Waals surface area contributed by atoms with Gasteiger partial charge >= 0.3 is 0 Å². The van der Waals surface area contributed by atoms with Crippen molar-refractivity contribution in [2.45, 2.75) is 19.5 Å². The molecule has 1 aromatic carbocycles. The lowest BCUT2D eigenvalue weighted by Crippen LogP contribution is -2.39. The van der Waals surface area contributed by atoms with Crippen molar-refractivity contribution in [1.29, 1.82) is 0 Å². The second-order valence-corrected chi connectivity index (χ2v) is 7.93. The number of fused-ring (bicyclic) bond motifs is 1. The molecule has 1 aromatic heterocycles. The van der Waals surface area contributed by atoms with Crippen LogP contribution in [0.3, 0.4) is 0 Å². The molecule has 0 bridgehead atoms. The van der Waals surface area contributed by atoms with Gasteiger partial charge in [0.15, 0.2) is 5.69 Å². The van der Waals surface area contributed by atoms with Crippen LogP contribution in [0.25, 0.3) is 0 Å². The summed E-state index contributed by atoms with van der Waals surface area (Å²) in [6.07, 6.45) is 0.865. The van der Waals surface area contributed by atoms with E-state index in [1.165, 1.54) is 0 Å². The summed E-state index contributed by atoms with van der Waals surface area (Å²) < 4.78 is 6.96. The molecule has 1 fully saturated rings. The summed E-state index contributed by atoms with van der Waals surface area (Å²) in [5, 5.41) is 7.88. The molecule has 160 valence electrons. The largest absolute Gasteiger partial charge is 0.379 e. The van der Waals surface area contributed by atoms with Gasteiger partial charge < -0.3 is 15.0 Å². The molecule has 2 amide bonds. The van der Waals surface area contributed by atoms with Crippen molar-refractivity contribution < 1.29 is 14.3 Å². The number of carbonyl (C=O) groups excluding carboxylic acids is 2. The van der Waals surface area contributed by atoms with Crippen LogP contribution >= 0.6 is 11.6 Å². The Hall–Kier alpha value is -2.42. The SMILES string of the molecule is O=C(NCCCN1CCOCC1)c1cc2n(n1)CCN(Cc1ccccc1Cl)C2=O. The Labute approximate surface area is 180 Å².